The second-order valence-corrected chi connectivity index (χ2v) is 3.03. The Morgan fingerprint density at radius 2 is 2.08 bits per heavy atom. The Balaban J connectivity index is 2.97. The highest BCUT2D eigenvalue weighted by atomic mass is 19.3. The zero-order chi connectivity index (χ0) is 9.84. The molecule has 1 rings (SSSR count). The van der Waals surface area contributed by atoms with Crippen LogP contribution in [0, 0.1) is 6.92 Å². The molecular formula is C10H13F2N. The van der Waals surface area contributed by atoms with E-state index < -0.39 is 6.43 Å². The minimum absolute atomic E-state index is 0.0778. The minimum atomic E-state index is -2.39. The number of alkyl halides is 2. The maximum Gasteiger partial charge on any atom is 0.263 e. The van der Waals surface area contributed by atoms with Gasteiger partial charge in [0.05, 0.1) is 0 Å². The van der Waals surface area contributed by atoms with E-state index >= 15 is 0 Å². The molecule has 0 heterocycles. The van der Waals surface area contributed by atoms with Crippen molar-refractivity contribution in [3.05, 3.63) is 34.9 Å². The lowest BCUT2D eigenvalue weighted by Gasteiger charge is -2.06. The van der Waals surface area contributed by atoms with Crippen molar-refractivity contribution >= 4 is 0 Å². The molecule has 0 atom stereocenters. The van der Waals surface area contributed by atoms with E-state index in [1.54, 1.807) is 6.07 Å². The van der Waals surface area contributed by atoms with Gasteiger partial charge in [0.25, 0.3) is 6.43 Å². The highest BCUT2D eigenvalue weighted by molar-refractivity contribution is 5.31. The van der Waals surface area contributed by atoms with Crippen molar-refractivity contribution in [2.45, 2.75) is 19.8 Å². The quantitative estimate of drug-likeness (QED) is 0.769. The molecule has 0 aromatic heterocycles. The standard InChI is InChI=1S/C10H13F2N/c1-7-2-3-9(10(11)12)6-8(7)4-5-13/h2-3,6,10H,4-5,13H2,1H3. The van der Waals surface area contributed by atoms with Crippen molar-refractivity contribution < 1.29 is 8.78 Å². The largest absolute Gasteiger partial charge is 0.330 e. The van der Waals surface area contributed by atoms with Gasteiger partial charge < -0.3 is 5.73 Å². The van der Waals surface area contributed by atoms with Gasteiger partial charge in [0, 0.05) is 5.56 Å². The Hall–Kier alpha value is -0.960. The predicted octanol–water partition coefficient (Wildman–Crippen LogP) is 2.43. The van der Waals surface area contributed by atoms with Crippen LogP contribution in [0.2, 0.25) is 0 Å². The maximum atomic E-state index is 12.3. The summed E-state index contributed by atoms with van der Waals surface area (Å²) < 4.78 is 24.6. The fraction of sp³-hybridized carbons (Fsp3) is 0.400. The highest BCUT2D eigenvalue weighted by Crippen LogP contribution is 2.21. The van der Waals surface area contributed by atoms with Crippen LogP contribution >= 0.6 is 0 Å². The maximum absolute atomic E-state index is 12.3. The molecule has 2 N–H and O–H groups in total. The van der Waals surface area contributed by atoms with Gasteiger partial charge in [-0.1, -0.05) is 12.1 Å². The van der Waals surface area contributed by atoms with E-state index in [1.807, 2.05) is 6.92 Å². The lowest BCUT2D eigenvalue weighted by molar-refractivity contribution is 0.151. The number of aryl methyl sites for hydroxylation is 1. The Labute approximate surface area is 76.6 Å². The first-order valence-corrected chi connectivity index (χ1v) is 4.22. The van der Waals surface area contributed by atoms with Crippen LogP contribution in [0.15, 0.2) is 18.2 Å². The predicted molar refractivity (Wildman–Crippen MR) is 48.9 cm³/mol. The Morgan fingerprint density at radius 1 is 1.38 bits per heavy atom. The molecule has 0 fully saturated rings. The van der Waals surface area contributed by atoms with E-state index in [2.05, 4.69) is 0 Å². The van der Waals surface area contributed by atoms with Gasteiger partial charge in [-0.05, 0) is 37.1 Å². The molecule has 0 aliphatic heterocycles. The third-order valence-electron chi connectivity index (χ3n) is 2.04. The van der Waals surface area contributed by atoms with Crippen molar-refractivity contribution in [2.24, 2.45) is 5.73 Å². The molecule has 0 saturated carbocycles. The first-order valence-electron chi connectivity index (χ1n) is 4.22. The van der Waals surface area contributed by atoms with Gasteiger partial charge >= 0.3 is 0 Å². The van der Waals surface area contributed by atoms with Gasteiger partial charge in [-0.2, -0.15) is 0 Å². The number of rotatable bonds is 3. The molecule has 1 aromatic rings. The second kappa shape index (κ2) is 4.33. The van der Waals surface area contributed by atoms with Crippen LogP contribution in [-0.4, -0.2) is 6.54 Å². The second-order valence-electron chi connectivity index (χ2n) is 3.03. The van der Waals surface area contributed by atoms with Gasteiger partial charge in [0.1, 0.15) is 0 Å². The average Bonchev–Trinajstić information content (AvgIpc) is 2.08. The van der Waals surface area contributed by atoms with E-state index in [9.17, 15) is 8.78 Å². The Bertz CT molecular complexity index is 284. The van der Waals surface area contributed by atoms with Crippen LogP contribution in [0.4, 0.5) is 8.78 Å². The molecule has 0 bridgehead atoms. The molecule has 3 heteroatoms. The van der Waals surface area contributed by atoms with Crippen molar-refractivity contribution in [1.29, 1.82) is 0 Å². The molecule has 0 radical (unpaired) electrons. The molecule has 1 aromatic carbocycles. The lowest BCUT2D eigenvalue weighted by Crippen LogP contribution is -2.04. The number of benzene rings is 1. The monoisotopic (exact) mass is 185 g/mol. The summed E-state index contributed by atoms with van der Waals surface area (Å²) in [6.07, 6.45) is -1.73. The number of hydrogen-bond acceptors (Lipinski definition) is 1. The zero-order valence-electron chi connectivity index (χ0n) is 7.56. The van der Waals surface area contributed by atoms with Crippen molar-refractivity contribution in [3.63, 3.8) is 0 Å². The molecule has 0 unspecified atom stereocenters. The summed E-state index contributed by atoms with van der Waals surface area (Å²) in [7, 11) is 0. The van der Waals surface area contributed by atoms with Crippen molar-refractivity contribution in [3.8, 4) is 0 Å². The summed E-state index contributed by atoms with van der Waals surface area (Å²) in [6.45, 7) is 2.40. The first kappa shape index (κ1) is 10.1. The molecule has 0 saturated heterocycles. The summed E-state index contributed by atoms with van der Waals surface area (Å²) in [5, 5.41) is 0. The van der Waals surface area contributed by atoms with Crippen LogP contribution < -0.4 is 5.73 Å². The Kier molecular flexibility index (Phi) is 3.37. The van der Waals surface area contributed by atoms with Crippen LogP contribution in [0.3, 0.4) is 0 Å². The number of hydrogen-bond donors (Lipinski definition) is 1. The zero-order valence-corrected chi connectivity index (χ0v) is 7.56. The summed E-state index contributed by atoms with van der Waals surface area (Å²) in [6, 6.07) is 4.71. The summed E-state index contributed by atoms with van der Waals surface area (Å²) >= 11 is 0. The van der Waals surface area contributed by atoms with E-state index in [1.165, 1.54) is 12.1 Å². The van der Waals surface area contributed by atoms with Gasteiger partial charge in [-0.15, -0.1) is 0 Å². The Morgan fingerprint density at radius 3 is 2.62 bits per heavy atom. The van der Waals surface area contributed by atoms with Crippen LogP contribution in [0.5, 0.6) is 0 Å². The van der Waals surface area contributed by atoms with E-state index in [-0.39, 0.29) is 5.56 Å². The first-order chi connectivity index (χ1) is 6.15. The fourth-order valence-corrected chi connectivity index (χ4v) is 1.25. The summed E-state index contributed by atoms with van der Waals surface area (Å²) in [5.74, 6) is 0. The molecule has 13 heavy (non-hydrogen) atoms. The normalized spacial score (nSPS) is 10.8. The van der Waals surface area contributed by atoms with E-state index in [0.717, 1.165) is 11.1 Å². The van der Waals surface area contributed by atoms with Gasteiger partial charge in [-0.3, -0.25) is 0 Å². The highest BCUT2D eigenvalue weighted by Gasteiger charge is 2.08. The summed E-state index contributed by atoms with van der Waals surface area (Å²) in [5.41, 5.74) is 7.39. The molecule has 72 valence electrons. The molecule has 1 nitrogen and oxygen atoms in total. The van der Waals surface area contributed by atoms with E-state index in [4.69, 9.17) is 5.73 Å². The average molecular weight is 185 g/mol. The van der Waals surface area contributed by atoms with Gasteiger partial charge in [0.15, 0.2) is 0 Å². The smallest absolute Gasteiger partial charge is 0.263 e. The fourth-order valence-electron chi connectivity index (χ4n) is 1.25. The van der Waals surface area contributed by atoms with Crippen LogP contribution in [0.25, 0.3) is 0 Å². The number of halogens is 2. The van der Waals surface area contributed by atoms with Crippen LogP contribution in [0.1, 0.15) is 23.1 Å². The molecule has 0 aliphatic rings. The van der Waals surface area contributed by atoms with Crippen molar-refractivity contribution in [1.82, 2.24) is 0 Å². The SMILES string of the molecule is Cc1ccc(C(F)F)cc1CCN. The van der Waals surface area contributed by atoms with Crippen LogP contribution in [-0.2, 0) is 6.42 Å². The topological polar surface area (TPSA) is 26.0 Å². The third-order valence-corrected chi connectivity index (χ3v) is 2.04. The number of nitrogens with two attached hydrogens (primary N) is 1. The minimum Gasteiger partial charge on any atom is -0.330 e. The molecule has 0 aliphatic carbocycles. The van der Waals surface area contributed by atoms with Crippen molar-refractivity contribution in [2.75, 3.05) is 6.54 Å². The lowest BCUT2D eigenvalue weighted by atomic mass is 10.0. The third kappa shape index (κ3) is 2.49. The summed E-state index contributed by atoms with van der Waals surface area (Å²) in [4.78, 5) is 0. The van der Waals surface area contributed by atoms with E-state index in [0.29, 0.717) is 13.0 Å². The molecule has 0 amide bonds. The molecular weight excluding hydrogens is 172 g/mol. The van der Waals surface area contributed by atoms with Gasteiger partial charge in [-0.25, -0.2) is 8.78 Å². The van der Waals surface area contributed by atoms with Gasteiger partial charge in [0.2, 0.25) is 0 Å². The molecule has 0 spiro atoms.